The van der Waals surface area contributed by atoms with Crippen LogP contribution in [-0.4, -0.2) is 33.2 Å². The summed E-state index contributed by atoms with van der Waals surface area (Å²) in [6.45, 7) is 38.9. The SMILES string of the molecule is CC(C)(C)c1cc(C(=O)c2cccc(C(=O)c3cc(C(C)(C)C)c(O[Si](C)(C)C)c(C(C)(C)C)c3)n2)cc(C(C)(C)C)c1O[Si](C)(C)C. The molecule has 1 aromatic heterocycles. The van der Waals surface area contributed by atoms with E-state index in [1.54, 1.807) is 18.2 Å². The predicted molar refractivity (Wildman–Crippen MR) is 207 cm³/mol. The van der Waals surface area contributed by atoms with Gasteiger partial charge in [0.25, 0.3) is 0 Å². The molecular formula is C41H61NO4Si2. The van der Waals surface area contributed by atoms with Gasteiger partial charge in [-0.2, -0.15) is 0 Å². The van der Waals surface area contributed by atoms with Crippen molar-refractivity contribution in [2.24, 2.45) is 0 Å². The van der Waals surface area contributed by atoms with Crippen molar-refractivity contribution < 1.29 is 18.4 Å². The Labute approximate surface area is 293 Å². The zero-order valence-electron chi connectivity index (χ0n) is 33.1. The van der Waals surface area contributed by atoms with Gasteiger partial charge in [-0.15, -0.1) is 0 Å². The summed E-state index contributed by atoms with van der Waals surface area (Å²) in [6.07, 6.45) is 0. The lowest BCUT2D eigenvalue weighted by atomic mass is 9.78. The third-order valence-corrected chi connectivity index (χ3v) is 9.60. The topological polar surface area (TPSA) is 65.5 Å². The summed E-state index contributed by atoms with van der Waals surface area (Å²) >= 11 is 0. The molecule has 0 aliphatic carbocycles. The molecule has 0 fully saturated rings. The maximum absolute atomic E-state index is 14.2. The standard InChI is InChI=1S/C41H61NO4Si2/c1-38(2,3)28-22-26(23-29(39(4,5)6)36(28)45-47(13,14)15)34(43)32-20-19-21-33(42-32)35(44)27-24-30(40(7,8)9)37(46-48(16,17)18)31(25-27)41(10,11)12/h19-25H,1-18H3. The molecule has 0 radical (unpaired) electrons. The van der Waals surface area contributed by atoms with Crippen molar-refractivity contribution in [1.29, 1.82) is 0 Å². The maximum Gasteiger partial charge on any atom is 0.242 e. The number of hydrogen-bond acceptors (Lipinski definition) is 5. The molecule has 262 valence electrons. The number of ketones is 2. The summed E-state index contributed by atoms with van der Waals surface area (Å²) in [4.78, 5) is 33.2. The number of hydrogen-bond donors (Lipinski definition) is 0. The normalized spacial score (nSPS) is 13.4. The van der Waals surface area contributed by atoms with Crippen molar-refractivity contribution >= 4 is 28.2 Å². The fourth-order valence-electron chi connectivity index (χ4n) is 5.56. The van der Waals surface area contributed by atoms with Gasteiger partial charge in [0.05, 0.1) is 0 Å². The van der Waals surface area contributed by atoms with E-state index in [1.807, 2.05) is 24.3 Å². The van der Waals surface area contributed by atoms with Gasteiger partial charge < -0.3 is 8.85 Å². The van der Waals surface area contributed by atoms with Gasteiger partial charge in [0.1, 0.15) is 22.9 Å². The molecule has 2 aromatic carbocycles. The highest BCUT2D eigenvalue weighted by Crippen LogP contribution is 2.44. The van der Waals surface area contributed by atoms with E-state index >= 15 is 0 Å². The lowest BCUT2D eigenvalue weighted by Crippen LogP contribution is -2.33. The number of aromatic nitrogens is 1. The first-order valence-corrected chi connectivity index (χ1v) is 24.0. The Hall–Kier alpha value is -3.04. The van der Waals surface area contributed by atoms with Crippen LogP contribution < -0.4 is 8.85 Å². The molecule has 0 spiro atoms. The van der Waals surface area contributed by atoms with Crippen LogP contribution in [0, 0.1) is 0 Å². The van der Waals surface area contributed by atoms with Gasteiger partial charge in [-0.1, -0.05) is 89.2 Å². The Bertz CT molecular complexity index is 1500. The second-order valence-corrected chi connectivity index (χ2v) is 28.2. The summed E-state index contributed by atoms with van der Waals surface area (Å²) in [7, 11) is -3.94. The van der Waals surface area contributed by atoms with Gasteiger partial charge in [-0.05, 0) is 120 Å². The molecular weight excluding hydrogens is 627 g/mol. The van der Waals surface area contributed by atoms with Crippen molar-refractivity contribution in [2.75, 3.05) is 0 Å². The largest absolute Gasteiger partial charge is 0.544 e. The first-order valence-electron chi connectivity index (χ1n) is 17.2. The van der Waals surface area contributed by atoms with Gasteiger partial charge in [-0.3, -0.25) is 9.59 Å². The average Bonchev–Trinajstić information content (AvgIpc) is 2.88. The van der Waals surface area contributed by atoms with Gasteiger partial charge in [0, 0.05) is 11.1 Å². The number of nitrogens with zero attached hydrogens (tertiary/aromatic N) is 1. The second kappa shape index (κ2) is 13.0. The zero-order valence-corrected chi connectivity index (χ0v) is 35.1. The van der Waals surface area contributed by atoms with E-state index in [4.69, 9.17) is 13.8 Å². The van der Waals surface area contributed by atoms with Crippen LogP contribution in [0.1, 0.15) is 137 Å². The van der Waals surface area contributed by atoms with Crippen LogP contribution in [0.5, 0.6) is 11.5 Å². The monoisotopic (exact) mass is 687 g/mol. The Morgan fingerprint density at radius 1 is 0.500 bits per heavy atom. The molecule has 0 amide bonds. The molecule has 0 atom stereocenters. The Morgan fingerprint density at radius 3 is 0.958 bits per heavy atom. The Morgan fingerprint density at radius 2 is 0.750 bits per heavy atom. The third kappa shape index (κ3) is 9.56. The van der Waals surface area contributed by atoms with E-state index in [2.05, 4.69) is 122 Å². The smallest absolute Gasteiger partial charge is 0.242 e. The van der Waals surface area contributed by atoms with E-state index in [0.717, 1.165) is 33.8 Å². The molecule has 0 aliphatic rings. The minimum atomic E-state index is -1.97. The fraction of sp³-hybridized carbons (Fsp3) is 0.537. The number of rotatable bonds is 8. The molecule has 5 nitrogen and oxygen atoms in total. The second-order valence-electron chi connectivity index (χ2n) is 19.3. The number of carbonyl (C=O) groups is 2. The Kier molecular flexibility index (Phi) is 10.7. The molecule has 3 aromatic rings. The lowest BCUT2D eigenvalue weighted by Gasteiger charge is -2.34. The molecule has 7 heteroatoms. The lowest BCUT2D eigenvalue weighted by molar-refractivity contribution is 0.103. The van der Waals surface area contributed by atoms with E-state index in [-0.39, 0.29) is 44.6 Å². The van der Waals surface area contributed by atoms with Crippen LogP contribution >= 0.6 is 0 Å². The molecule has 0 N–H and O–H groups in total. The minimum Gasteiger partial charge on any atom is -0.544 e. The summed E-state index contributed by atoms with van der Waals surface area (Å²) in [6, 6.07) is 13.0. The highest BCUT2D eigenvalue weighted by molar-refractivity contribution is 6.70. The number of carbonyl (C=O) groups excluding carboxylic acids is 2. The summed E-state index contributed by atoms with van der Waals surface area (Å²) < 4.78 is 13.4. The van der Waals surface area contributed by atoms with Gasteiger partial charge in [0.15, 0.2) is 0 Å². The van der Waals surface area contributed by atoms with Crippen LogP contribution in [0.25, 0.3) is 0 Å². The molecule has 48 heavy (non-hydrogen) atoms. The first-order chi connectivity index (χ1) is 21.4. The quantitative estimate of drug-likeness (QED) is 0.174. The highest BCUT2D eigenvalue weighted by Gasteiger charge is 2.34. The molecule has 0 unspecified atom stereocenters. The molecule has 0 saturated heterocycles. The molecule has 1 heterocycles. The summed E-state index contributed by atoms with van der Waals surface area (Å²) in [5, 5.41) is 0. The van der Waals surface area contributed by atoms with E-state index in [0.29, 0.717) is 11.1 Å². The predicted octanol–water partition coefficient (Wildman–Crippen LogP) is 11.2. The summed E-state index contributed by atoms with van der Waals surface area (Å²) in [5.74, 6) is 1.33. The highest BCUT2D eigenvalue weighted by atomic mass is 28.4. The van der Waals surface area contributed by atoms with Crippen molar-refractivity contribution in [3.8, 4) is 11.5 Å². The maximum atomic E-state index is 14.2. The van der Waals surface area contributed by atoms with Crippen molar-refractivity contribution in [1.82, 2.24) is 4.98 Å². The number of benzene rings is 2. The molecule has 0 saturated carbocycles. The van der Waals surface area contributed by atoms with Crippen LogP contribution in [0.2, 0.25) is 39.3 Å². The van der Waals surface area contributed by atoms with Gasteiger partial charge in [-0.25, -0.2) is 4.98 Å². The van der Waals surface area contributed by atoms with E-state index < -0.39 is 16.6 Å². The van der Waals surface area contributed by atoms with Crippen molar-refractivity contribution in [3.63, 3.8) is 0 Å². The first kappa shape index (κ1) is 39.4. The molecule has 0 aliphatic heterocycles. The summed E-state index contributed by atoms with van der Waals surface area (Å²) in [5.41, 5.74) is 4.50. The number of pyridine rings is 1. The third-order valence-electron chi connectivity index (χ3n) is 7.97. The fourth-order valence-corrected chi connectivity index (χ4v) is 7.23. The zero-order chi connectivity index (χ0) is 37.0. The van der Waals surface area contributed by atoms with E-state index in [9.17, 15) is 9.59 Å². The van der Waals surface area contributed by atoms with Crippen LogP contribution in [0.3, 0.4) is 0 Å². The van der Waals surface area contributed by atoms with Crippen LogP contribution in [0.4, 0.5) is 0 Å². The minimum absolute atomic E-state index is 0.218. The molecule has 0 bridgehead atoms. The van der Waals surface area contributed by atoms with Crippen molar-refractivity contribution in [3.05, 3.63) is 87.2 Å². The van der Waals surface area contributed by atoms with Crippen molar-refractivity contribution in [2.45, 2.75) is 144 Å². The van der Waals surface area contributed by atoms with Gasteiger partial charge in [0.2, 0.25) is 28.2 Å². The van der Waals surface area contributed by atoms with Crippen LogP contribution in [0.15, 0.2) is 42.5 Å². The Balaban J connectivity index is 2.22. The molecule has 3 rings (SSSR count). The van der Waals surface area contributed by atoms with E-state index in [1.165, 1.54) is 0 Å². The van der Waals surface area contributed by atoms with Gasteiger partial charge >= 0.3 is 0 Å². The van der Waals surface area contributed by atoms with Crippen LogP contribution in [-0.2, 0) is 21.7 Å². The average molecular weight is 688 g/mol.